The zero-order chi connectivity index (χ0) is 28.1. The van der Waals surface area contributed by atoms with Gasteiger partial charge in [-0.3, -0.25) is 4.79 Å². The van der Waals surface area contributed by atoms with Crippen molar-refractivity contribution >= 4 is 33.2 Å². The molecule has 1 aromatic carbocycles. The maximum absolute atomic E-state index is 13.1. The standard InChI is InChI=1S/C29H42N6O4S/c1-40(37,38)19-3-18-39-26-5-2-4-25-24(26)13-17-35(25)27-10-14-31-29(33-27)32-23-8-6-22(7-9-23)28(36)34-15-11-21(20-30)12-16-34/h2,4-5,10,14,21-23H,3,6-9,11-13,15-20,30H2,1H3,(H,31,32,33). The Morgan fingerprint density at radius 3 is 2.60 bits per heavy atom. The van der Waals surface area contributed by atoms with Crippen LogP contribution in [0.25, 0.3) is 0 Å². The number of amides is 1. The van der Waals surface area contributed by atoms with Gasteiger partial charge < -0.3 is 25.6 Å². The topological polar surface area (TPSA) is 131 Å². The van der Waals surface area contributed by atoms with Crippen LogP contribution in [0.4, 0.5) is 17.5 Å². The molecule has 0 radical (unpaired) electrons. The van der Waals surface area contributed by atoms with Crippen LogP contribution in [0, 0.1) is 11.8 Å². The van der Waals surface area contributed by atoms with Crippen LogP contribution in [0.5, 0.6) is 5.75 Å². The first-order valence-corrected chi connectivity index (χ1v) is 16.6. The molecule has 2 fully saturated rings. The molecule has 1 aromatic heterocycles. The van der Waals surface area contributed by atoms with Gasteiger partial charge >= 0.3 is 0 Å². The molecule has 2 aromatic rings. The molecule has 0 atom stereocenters. The number of aromatic nitrogens is 2. The summed E-state index contributed by atoms with van der Waals surface area (Å²) in [6.07, 6.45) is 10.0. The van der Waals surface area contributed by atoms with Gasteiger partial charge in [-0.05, 0) is 82.0 Å². The van der Waals surface area contributed by atoms with Crippen molar-refractivity contribution in [2.24, 2.45) is 17.6 Å². The van der Waals surface area contributed by atoms with E-state index in [1.54, 1.807) is 6.20 Å². The van der Waals surface area contributed by atoms with E-state index in [0.717, 1.165) is 93.9 Å². The summed E-state index contributed by atoms with van der Waals surface area (Å²) < 4.78 is 28.8. The van der Waals surface area contributed by atoms with Gasteiger partial charge in [0.05, 0.1) is 12.4 Å². The number of nitrogens with one attached hydrogen (secondary N) is 1. The third-order valence-electron chi connectivity index (χ3n) is 8.49. The Morgan fingerprint density at radius 2 is 1.88 bits per heavy atom. The highest BCUT2D eigenvalue weighted by Crippen LogP contribution is 2.39. The lowest BCUT2D eigenvalue weighted by molar-refractivity contribution is -0.138. The lowest BCUT2D eigenvalue weighted by atomic mass is 9.84. The van der Waals surface area contributed by atoms with E-state index in [4.69, 9.17) is 15.5 Å². The molecule has 40 heavy (non-hydrogen) atoms. The fraction of sp³-hybridized carbons (Fsp3) is 0.621. The summed E-state index contributed by atoms with van der Waals surface area (Å²) in [7, 11) is -2.99. The first kappa shape index (κ1) is 28.6. The SMILES string of the molecule is CS(=O)(=O)CCCOc1cccc2c1CCN2c1ccnc(NC2CCC(C(=O)N3CCC(CN)CC3)CC2)n1. The number of anilines is 3. The van der Waals surface area contributed by atoms with Gasteiger partial charge in [0, 0.05) is 55.3 Å². The maximum atomic E-state index is 13.1. The molecule has 0 unspecified atom stereocenters. The third kappa shape index (κ3) is 7.04. The van der Waals surface area contributed by atoms with Crippen LogP contribution in [-0.2, 0) is 21.1 Å². The zero-order valence-electron chi connectivity index (χ0n) is 23.4. The predicted octanol–water partition coefficient (Wildman–Crippen LogP) is 3.15. The lowest BCUT2D eigenvalue weighted by Gasteiger charge is -2.36. The van der Waals surface area contributed by atoms with Gasteiger partial charge in [0.1, 0.15) is 21.4 Å². The average molecular weight is 571 g/mol. The summed E-state index contributed by atoms with van der Waals surface area (Å²) in [5.74, 6) is 3.35. The van der Waals surface area contributed by atoms with Crippen molar-refractivity contribution in [2.45, 2.75) is 57.4 Å². The van der Waals surface area contributed by atoms with E-state index in [1.807, 2.05) is 18.2 Å². The molecule has 0 spiro atoms. The number of piperidine rings is 1. The van der Waals surface area contributed by atoms with E-state index in [9.17, 15) is 13.2 Å². The number of nitrogens with two attached hydrogens (primary N) is 1. The molecular formula is C29H42N6O4S. The van der Waals surface area contributed by atoms with Crippen molar-refractivity contribution in [1.29, 1.82) is 0 Å². The van der Waals surface area contributed by atoms with E-state index in [1.165, 1.54) is 6.26 Å². The number of carbonyl (C=O) groups excluding carboxylic acids is 1. The molecule has 10 nitrogen and oxygen atoms in total. The first-order chi connectivity index (χ1) is 19.3. The number of rotatable bonds is 10. The van der Waals surface area contributed by atoms with Crippen LogP contribution in [0.1, 0.15) is 50.5 Å². The number of likely N-dealkylation sites (tertiary alicyclic amines) is 1. The zero-order valence-corrected chi connectivity index (χ0v) is 24.2. The van der Waals surface area contributed by atoms with Crippen molar-refractivity contribution in [2.75, 3.05) is 55.0 Å². The Morgan fingerprint density at radius 1 is 1.10 bits per heavy atom. The second-order valence-corrected chi connectivity index (χ2v) is 13.7. The molecule has 1 aliphatic carbocycles. The first-order valence-electron chi connectivity index (χ1n) is 14.6. The number of fused-ring (bicyclic) bond motifs is 1. The Kier molecular flexibility index (Phi) is 9.10. The summed E-state index contributed by atoms with van der Waals surface area (Å²) in [6.45, 7) is 3.56. The highest BCUT2D eigenvalue weighted by molar-refractivity contribution is 7.90. The van der Waals surface area contributed by atoms with Gasteiger partial charge in [0.25, 0.3) is 0 Å². The van der Waals surface area contributed by atoms with Crippen molar-refractivity contribution < 1.29 is 17.9 Å². The molecule has 5 rings (SSSR count). The van der Waals surface area contributed by atoms with Crippen LogP contribution in [-0.4, -0.2) is 80.0 Å². The minimum absolute atomic E-state index is 0.114. The summed E-state index contributed by atoms with van der Waals surface area (Å²) >= 11 is 0. The minimum Gasteiger partial charge on any atom is -0.493 e. The maximum Gasteiger partial charge on any atom is 0.225 e. The summed E-state index contributed by atoms with van der Waals surface area (Å²) in [5, 5.41) is 3.52. The second-order valence-electron chi connectivity index (χ2n) is 11.4. The number of carbonyl (C=O) groups is 1. The summed E-state index contributed by atoms with van der Waals surface area (Å²) in [4.78, 5) is 26.6. The quantitative estimate of drug-likeness (QED) is 0.414. The van der Waals surface area contributed by atoms with Crippen molar-refractivity contribution in [1.82, 2.24) is 14.9 Å². The number of sulfone groups is 1. The van der Waals surface area contributed by atoms with E-state index >= 15 is 0 Å². The minimum atomic E-state index is -2.99. The van der Waals surface area contributed by atoms with Gasteiger partial charge in [-0.1, -0.05) is 6.07 Å². The number of nitrogens with zero attached hydrogens (tertiary/aromatic N) is 4. The van der Waals surface area contributed by atoms with Gasteiger partial charge in [-0.25, -0.2) is 13.4 Å². The van der Waals surface area contributed by atoms with Gasteiger partial charge in [-0.15, -0.1) is 0 Å². The molecule has 11 heteroatoms. The number of hydrogen-bond acceptors (Lipinski definition) is 9. The number of benzene rings is 1. The average Bonchev–Trinajstić information content (AvgIpc) is 3.40. The molecule has 2 aliphatic heterocycles. The normalized spacial score (nSPS) is 21.8. The largest absolute Gasteiger partial charge is 0.493 e. The van der Waals surface area contributed by atoms with E-state index in [0.29, 0.717) is 30.8 Å². The fourth-order valence-corrected chi connectivity index (χ4v) is 6.80. The lowest BCUT2D eigenvalue weighted by Crippen LogP contribution is -2.44. The molecule has 218 valence electrons. The molecule has 3 heterocycles. The van der Waals surface area contributed by atoms with E-state index in [-0.39, 0.29) is 17.7 Å². The van der Waals surface area contributed by atoms with E-state index < -0.39 is 9.84 Å². The molecule has 0 bridgehead atoms. The molecular weight excluding hydrogens is 528 g/mol. The molecule has 3 aliphatic rings. The van der Waals surface area contributed by atoms with Crippen molar-refractivity contribution in [3.8, 4) is 5.75 Å². The predicted molar refractivity (Wildman–Crippen MR) is 157 cm³/mol. The third-order valence-corrected chi connectivity index (χ3v) is 9.52. The summed E-state index contributed by atoms with van der Waals surface area (Å²) in [6, 6.07) is 8.14. The van der Waals surface area contributed by atoms with Crippen LogP contribution < -0.4 is 20.7 Å². The van der Waals surface area contributed by atoms with Crippen molar-refractivity contribution in [3.05, 3.63) is 36.0 Å². The number of hydrogen-bond donors (Lipinski definition) is 2. The highest BCUT2D eigenvalue weighted by atomic mass is 32.2. The monoisotopic (exact) mass is 570 g/mol. The molecule has 1 amide bonds. The number of ether oxygens (including phenoxy) is 1. The van der Waals surface area contributed by atoms with E-state index in [2.05, 4.69) is 26.2 Å². The summed E-state index contributed by atoms with van der Waals surface area (Å²) in [5.41, 5.74) is 7.98. The Hall–Kier alpha value is -2.92. The Labute approximate surface area is 237 Å². The second kappa shape index (κ2) is 12.7. The van der Waals surface area contributed by atoms with Crippen LogP contribution in [0.15, 0.2) is 30.5 Å². The Balaban J connectivity index is 1.15. The van der Waals surface area contributed by atoms with Crippen LogP contribution >= 0.6 is 0 Å². The van der Waals surface area contributed by atoms with Crippen LogP contribution in [0.2, 0.25) is 0 Å². The smallest absolute Gasteiger partial charge is 0.225 e. The van der Waals surface area contributed by atoms with Gasteiger partial charge in [0.2, 0.25) is 11.9 Å². The molecule has 3 N–H and O–H groups in total. The Bertz CT molecular complexity index is 1270. The van der Waals surface area contributed by atoms with Crippen molar-refractivity contribution in [3.63, 3.8) is 0 Å². The van der Waals surface area contributed by atoms with Gasteiger partial charge in [0.15, 0.2) is 0 Å². The molecule has 1 saturated heterocycles. The molecule has 1 saturated carbocycles. The van der Waals surface area contributed by atoms with Crippen LogP contribution in [0.3, 0.4) is 0 Å². The highest BCUT2D eigenvalue weighted by Gasteiger charge is 2.32. The fourth-order valence-electron chi connectivity index (χ4n) is 6.16. The van der Waals surface area contributed by atoms with Gasteiger partial charge in [-0.2, -0.15) is 4.98 Å².